The lowest BCUT2D eigenvalue weighted by Gasteiger charge is -2.25. The fourth-order valence-electron chi connectivity index (χ4n) is 3.61. The van der Waals surface area contributed by atoms with E-state index in [-0.39, 0.29) is 0 Å². The van der Waals surface area contributed by atoms with Gasteiger partial charge in [0.2, 0.25) is 6.41 Å². The van der Waals surface area contributed by atoms with Crippen LogP contribution in [-0.4, -0.2) is 42.5 Å². The van der Waals surface area contributed by atoms with Gasteiger partial charge >= 0.3 is 5.97 Å². The van der Waals surface area contributed by atoms with E-state index >= 15 is 0 Å². The molecule has 0 aliphatic carbocycles. The van der Waals surface area contributed by atoms with Crippen LogP contribution in [0.15, 0.2) is 65.5 Å². The van der Waals surface area contributed by atoms with Gasteiger partial charge in [0.15, 0.2) is 11.4 Å². The summed E-state index contributed by atoms with van der Waals surface area (Å²) in [5, 5.41) is 0. The molecule has 0 radical (unpaired) electrons. The highest BCUT2D eigenvalue weighted by molar-refractivity contribution is 5.96. The molecule has 8 nitrogen and oxygen atoms in total. The summed E-state index contributed by atoms with van der Waals surface area (Å²) < 4.78 is 10.7. The number of anilines is 3. The second kappa shape index (κ2) is 9.52. The molecular weight excluding hydrogens is 420 g/mol. The second-order valence-electron chi connectivity index (χ2n) is 7.28. The Balaban J connectivity index is 1.62. The van der Waals surface area contributed by atoms with Gasteiger partial charge in [-0.15, -0.1) is 0 Å². The van der Waals surface area contributed by atoms with Crippen LogP contribution >= 0.6 is 0 Å². The first-order chi connectivity index (χ1) is 16.1. The zero-order valence-electron chi connectivity index (χ0n) is 18.7. The van der Waals surface area contributed by atoms with Crippen molar-refractivity contribution < 1.29 is 18.7 Å². The Kier molecular flexibility index (Phi) is 6.35. The Morgan fingerprint density at radius 3 is 2.64 bits per heavy atom. The molecule has 3 aromatic heterocycles. The minimum atomic E-state index is -0.428. The zero-order chi connectivity index (χ0) is 23.4. The molecular formula is C25H24N4O4. The van der Waals surface area contributed by atoms with Gasteiger partial charge in [-0.2, -0.15) is 0 Å². The summed E-state index contributed by atoms with van der Waals surface area (Å²) in [7, 11) is 1.91. The predicted molar refractivity (Wildman–Crippen MR) is 127 cm³/mol. The molecule has 4 aromatic rings. The second-order valence-corrected chi connectivity index (χ2v) is 7.28. The van der Waals surface area contributed by atoms with E-state index in [2.05, 4.69) is 9.97 Å². The standard InChI is InChI=1S/C25H24N4O4/c1-4-29(16-30)21-7-6-12-26-24(21)28(3)19-10-8-17(9-11-19)20-15-33-22-13-18(14-27-23(20)22)25(31)32-5-2/h6-16H,4-5H2,1-3H3. The summed E-state index contributed by atoms with van der Waals surface area (Å²) in [6.07, 6.45) is 5.64. The summed E-state index contributed by atoms with van der Waals surface area (Å²) in [6.45, 7) is 4.52. The van der Waals surface area contributed by atoms with Crippen molar-refractivity contribution in [3.05, 3.63) is 66.7 Å². The molecule has 0 unspecified atom stereocenters. The summed E-state index contributed by atoms with van der Waals surface area (Å²) in [5.74, 6) is 0.253. The molecule has 4 rings (SSSR count). The van der Waals surface area contributed by atoms with E-state index < -0.39 is 5.97 Å². The largest absolute Gasteiger partial charge is 0.462 e. The number of rotatable bonds is 8. The van der Waals surface area contributed by atoms with Gasteiger partial charge in [-0.25, -0.2) is 9.78 Å². The number of nitrogens with zero attached hydrogens (tertiary/aromatic N) is 4. The van der Waals surface area contributed by atoms with Gasteiger partial charge in [0, 0.05) is 37.2 Å². The van der Waals surface area contributed by atoms with Crippen LogP contribution < -0.4 is 9.80 Å². The maximum atomic E-state index is 12.0. The van der Waals surface area contributed by atoms with Crippen LogP contribution in [0, 0.1) is 0 Å². The lowest BCUT2D eigenvalue weighted by Crippen LogP contribution is -2.23. The number of pyridine rings is 2. The fourth-order valence-corrected chi connectivity index (χ4v) is 3.61. The molecule has 0 N–H and O–H groups in total. The van der Waals surface area contributed by atoms with Crippen LogP contribution in [-0.2, 0) is 9.53 Å². The molecule has 0 spiro atoms. The molecule has 168 valence electrons. The number of benzene rings is 1. The van der Waals surface area contributed by atoms with E-state index in [9.17, 15) is 9.59 Å². The highest BCUT2D eigenvalue weighted by atomic mass is 16.5. The number of fused-ring (bicyclic) bond motifs is 1. The van der Waals surface area contributed by atoms with Crippen molar-refractivity contribution >= 4 is 40.7 Å². The smallest absolute Gasteiger partial charge is 0.339 e. The zero-order valence-corrected chi connectivity index (χ0v) is 18.7. The van der Waals surface area contributed by atoms with E-state index in [0.717, 1.165) is 28.9 Å². The minimum Gasteiger partial charge on any atom is -0.462 e. The lowest BCUT2D eigenvalue weighted by atomic mass is 10.1. The van der Waals surface area contributed by atoms with Gasteiger partial charge in [0.25, 0.3) is 0 Å². The first kappa shape index (κ1) is 22.0. The molecule has 0 saturated carbocycles. The molecule has 0 aliphatic heterocycles. The van der Waals surface area contributed by atoms with Gasteiger partial charge in [-0.05, 0) is 49.7 Å². The predicted octanol–water partition coefficient (Wildman–Crippen LogP) is 4.82. The number of furan rings is 1. The number of ether oxygens (including phenoxy) is 1. The Labute approximate surface area is 191 Å². The van der Waals surface area contributed by atoms with E-state index in [4.69, 9.17) is 9.15 Å². The van der Waals surface area contributed by atoms with E-state index in [1.54, 1.807) is 30.4 Å². The molecule has 0 bridgehead atoms. The SMILES string of the molecule is CCOC(=O)c1cnc2c(-c3ccc(N(C)c4ncccc4N(C=O)CC)cc3)coc2c1. The maximum Gasteiger partial charge on any atom is 0.339 e. The first-order valence-electron chi connectivity index (χ1n) is 10.6. The van der Waals surface area contributed by atoms with Crippen molar-refractivity contribution in [2.24, 2.45) is 0 Å². The van der Waals surface area contributed by atoms with Crippen molar-refractivity contribution in [1.29, 1.82) is 0 Å². The molecule has 0 fully saturated rings. The van der Waals surface area contributed by atoms with Crippen molar-refractivity contribution in [3.8, 4) is 11.1 Å². The van der Waals surface area contributed by atoms with Crippen LogP contribution in [0.5, 0.6) is 0 Å². The molecule has 8 heteroatoms. The number of carbonyl (C=O) groups excluding carboxylic acids is 2. The fraction of sp³-hybridized carbons (Fsp3) is 0.200. The van der Waals surface area contributed by atoms with Crippen molar-refractivity contribution in [2.45, 2.75) is 13.8 Å². The van der Waals surface area contributed by atoms with Crippen LogP contribution in [0.2, 0.25) is 0 Å². The monoisotopic (exact) mass is 444 g/mol. The molecule has 3 heterocycles. The number of carbonyl (C=O) groups is 2. The molecule has 1 amide bonds. The van der Waals surface area contributed by atoms with Crippen molar-refractivity contribution in [3.63, 3.8) is 0 Å². The lowest BCUT2D eigenvalue weighted by molar-refractivity contribution is -0.107. The molecule has 0 atom stereocenters. The third kappa shape index (κ3) is 4.27. The maximum absolute atomic E-state index is 12.0. The number of hydrogen-bond donors (Lipinski definition) is 0. The molecule has 0 saturated heterocycles. The van der Waals surface area contributed by atoms with Crippen LogP contribution in [0.25, 0.3) is 22.2 Å². The minimum absolute atomic E-state index is 0.298. The molecule has 33 heavy (non-hydrogen) atoms. The average molecular weight is 444 g/mol. The van der Waals surface area contributed by atoms with E-state index in [1.165, 1.54) is 6.20 Å². The van der Waals surface area contributed by atoms with Gasteiger partial charge in [0.1, 0.15) is 11.8 Å². The number of hydrogen-bond acceptors (Lipinski definition) is 7. The van der Waals surface area contributed by atoms with Crippen molar-refractivity contribution in [2.75, 3.05) is 30.0 Å². The Morgan fingerprint density at radius 2 is 1.94 bits per heavy atom. The summed E-state index contributed by atoms with van der Waals surface area (Å²) in [4.78, 5) is 35.9. The quantitative estimate of drug-likeness (QED) is 0.284. The van der Waals surface area contributed by atoms with E-state index in [0.29, 0.717) is 35.6 Å². The van der Waals surface area contributed by atoms with Gasteiger partial charge in [0.05, 0.1) is 17.9 Å². The Bertz CT molecular complexity index is 1280. The third-order valence-corrected chi connectivity index (χ3v) is 5.35. The number of esters is 1. The topological polar surface area (TPSA) is 88.8 Å². The third-order valence-electron chi connectivity index (χ3n) is 5.35. The van der Waals surface area contributed by atoms with Crippen LogP contribution in [0.4, 0.5) is 17.2 Å². The molecule has 0 aliphatic rings. The van der Waals surface area contributed by atoms with Gasteiger partial charge in [-0.3, -0.25) is 9.78 Å². The van der Waals surface area contributed by atoms with Crippen LogP contribution in [0.3, 0.4) is 0 Å². The molecule has 1 aromatic carbocycles. The summed E-state index contributed by atoms with van der Waals surface area (Å²) >= 11 is 0. The summed E-state index contributed by atoms with van der Waals surface area (Å²) in [6, 6.07) is 13.2. The Morgan fingerprint density at radius 1 is 1.15 bits per heavy atom. The Hall–Kier alpha value is -4.20. The highest BCUT2D eigenvalue weighted by Crippen LogP contribution is 2.34. The van der Waals surface area contributed by atoms with Crippen molar-refractivity contribution in [1.82, 2.24) is 9.97 Å². The average Bonchev–Trinajstić information content (AvgIpc) is 3.28. The number of amides is 1. The van der Waals surface area contributed by atoms with Crippen LogP contribution in [0.1, 0.15) is 24.2 Å². The highest BCUT2D eigenvalue weighted by Gasteiger charge is 2.17. The first-order valence-corrected chi connectivity index (χ1v) is 10.6. The van der Waals surface area contributed by atoms with E-state index in [1.807, 2.05) is 55.3 Å². The number of aromatic nitrogens is 2. The normalized spacial score (nSPS) is 10.8. The van der Waals surface area contributed by atoms with Gasteiger partial charge in [-0.1, -0.05) is 12.1 Å². The van der Waals surface area contributed by atoms with Gasteiger partial charge < -0.3 is 19.0 Å². The summed E-state index contributed by atoms with van der Waals surface area (Å²) in [5.41, 5.74) is 4.93.